The van der Waals surface area contributed by atoms with E-state index in [0.29, 0.717) is 12.6 Å². The normalized spacial score (nSPS) is 33.3. The lowest BCUT2D eigenvalue weighted by Crippen LogP contribution is -2.36. The van der Waals surface area contributed by atoms with E-state index in [0.717, 1.165) is 4.57 Å². The summed E-state index contributed by atoms with van der Waals surface area (Å²) in [6.07, 6.45) is -0.176. The molecule has 5 nitrogen and oxygen atoms in total. The second-order valence-corrected chi connectivity index (χ2v) is 4.90. The molecule has 1 fully saturated rings. The fourth-order valence-corrected chi connectivity index (χ4v) is 2.56. The standard InChI is InChI=1S/C13H16F2N2O3/c1-4-13(5-2)7(3)9(15)11(20-13)17-6-8(14)10(18)16-12(17)19/h4,6-7,9,11H,1,5H2,2-3H3,(H,16,18,19)/t7-,9-,11+,13+/m0/s1. The van der Waals surface area contributed by atoms with Gasteiger partial charge in [0.05, 0.1) is 11.8 Å². The van der Waals surface area contributed by atoms with Crippen molar-refractivity contribution in [2.24, 2.45) is 5.92 Å². The average molecular weight is 286 g/mol. The summed E-state index contributed by atoms with van der Waals surface area (Å²) >= 11 is 0. The molecular weight excluding hydrogens is 270 g/mol. The molecule has 1 saturated heterocycles. The zero-order chi connectivity index (χ0) is 15.1. The maximum atomic E-state index is 14.4. The molecule has 0 spiro atoms. The van der Waals surface area contributed by atoms with Gasteiger partial charge >= 0.3 is 5.69 Å². The number of aromatic nitrogens is 2. The van der Waals surface area contributed by atoms with E-state index in [9.17, 15) is 18.4 Å². The molecule has 0 aliphatic carbocycles. The van der Waals surface area contributed by atoms with Gasteiger partial charge in [0.1, 0.15) is 0 Å². The Morgan fingerprint density at radius 3 is 2.75 bits per heavy atom. The van der Waals surface area contributed by atoms with E-state index < -0.39 is 41.0 Å². The van der Waals surface area contributed by atoms with E-state index in [1.165, 1.54) is 6.08 Å². The van der Waals surface area contributed by atoms with Crippen molar-refractivity contribution in [2.45, 2.75) is 38.3 Å². The summed E-state index contributed by atoms with van der Waals surface area (Å²) in [7, 11) is 0. The summed E-state index contributed by atoms with van der Waals surface area (Å²) in [4.78, 5) is 24.5. The average Bonchev–Trinajstić information content (AvgIpc) is 2.68. The molecule has 1 aromatic rings. The van der Waals surface area contributed by atoms with Crippen LogP contribution in [0.15, 0.2) is 28.4 Å². The zero-order valence-corrected chi connectivity index (χ0v) is 11.2. The van der Waals surface area contributed by atoms with Crippen molar-refractivity contribution in [3.05, 3.63) is 45.5 Å². The monoisotopic (exact) mass is 286 g/mol. The van der Waals surface area contributed by atoms with Gasteiger partial charge in [-0.3, -0.25) is 14.3 Å². The smallest absolute Gasteiger partial charge is 0.330 e. The molecule has 7 heteroatoms. The molecule has 0 radical (unpaired) electrons. The quantitative estimate of drug-likeness (QED) is 0.857. The first-order valence-corrected chi connectivity index (χ1v) is 6.32. The Balaban J connectivity index is 2.50. The second kappa shape index (κ2) is 4.97. The minimum Gasteiger partial charge on any atom is -0.344 e. The molecule has 110 valence electrons. The van der Waals surface area contributed by atoms with Crippen LogP contribution in [0, 0.1) is 11.7 Å². The van der Waals surface area contributed by atoms with Crippen molar-refractivity contribution >= 4 is 0 Å². The molecule has 0 aromatic carbocycles. The number of halogens is 2. The van der Waals surface area contributed by atoms with Crippen molar-refractivity contribution in [1.29, 1.82) is 0 Å². The predicted octanol–water partition coefficient (Wildman–Crippen LogP) is 1.51. The molecule has 1 aliphatic rings. The van der Waals surface area contributed by atoms with Crippen LogP contribution in [-0.2, 0) is 4.74 Å². The molecule has 0 bridgehead atoms. The molecule has 2 rings (SSSR count). The van der Waals surface area contributed by atoms with Gasteiger partial charge in [0, 0.05) is 5.92 Å². The van der Waals surface area contributed by atoms with Gasteiger partial charge in [0.25, 0.3) is 5.56 Å². The Labute approximate surface area is 113 Å². The third-order valence-corrected chi connectivity index (χ3v) is 3.96. The molecule has 1 aromatic heterocycles. The fourth-order valence-electron chi connectivity index (χ4n) is 2.56. The van der Waals surface area contributed by atoms with Crippen LogP contribution in [0.3, 0.4) is 0 Å². The summed E-state index contributed by atoms with van der Waals surface area (Å²) < 4.78 is 34.0. The van der Waals surface area contributed by atoms with Crippen LogP contribution in [-0.4, -0.2) is 21.3 Å². The summed E-state index contributed by atoms with van der Waals surface area (Å²) in [5.74, 6) is -1.71. The van der Waals surface area contributed by atoms with Crippen LogP contribution in [0.1, 0.15) is 26.5 Å². The number of nitrogens with zero attached hydrogens (tertiary/aromatic N) is 1. The van der Waals surface area contributed by atoms with E-state index in [4.69, 9.17) is 4.74 Å². The Morgan fingerprint density at radius 1 is 1.60 bits per heavy atom. The number of hydrogen-bond acceptors (Lipinski definition) is 3. The minimum absolute atomic E-state index is 0.467. The third kappa shape index (κ3) is 2.02. The largest absolute Gasteiger partial charge is 0.344 e. The lowest BCUT2D eigenvalue weighted by Gasteiger charge is -2.27. The molecule has 0 saturated carbocycles. The lowest BCUT2D eigenvalue weighted by molar-refractivity contribution is -0.0644. The van der Waals surface area contributed by atoms with Crippen LogP contribution < -0.4 is 11.2 Å². The maximum Gasteiger partial charge on any atom is 0.330 e. The van der Waals surface area contributed by atoms with E-state index in [2.05, 4.69) is 6.58 Å². The van der Waals surface area contributed by atoms with Crippen LogP contribution in [0.2, 0.25) is 0 Å². The zero-order valence-electron chi connectivity index (χ0n) is 11.2. The SMILES string of the molecule is C=C[C@]1(CC)O[C@@H](n2cc(F)c(=O)[nH]c2=O)[C@@H](F)[C@@H]1C. The van der Waals surface area contributed by atoms with Crippen LogP contribution in [0.5, 0.6) is 0 Å². The topological polar surface area (TPSA) is 64.1 Å². The van der Waals surface area contributed by atoms with Gasteiger partial charge in [0.15, 0.2) is 12.4 Å². The first-order chi connectivity index (χ1) is 9.36. The molecule has 0 amide bonds. The second-order valence-electron chi connectivity index (χ2n) is 4.90. The number of aromatic amines is 1. The van der Waals surface area contributed by atoms with Gasteiger partial charge in [-0.1, -0.05) is 19.9 Å². The van der Waals surface area contributed by atoms with Crippen molar-refractivity contribution in [3.63, 3.8) is 0 Å². The number of alkyl halides is 1. The number of ether oxygens (including phenoxy) is 1. The highest BCUT2D eigenvalue weighted by atomic mass is 19.1. The van der Waals surface area contributed by atoms with Crippen molar-refractivity contribution in [1.82, 2.24) is 9.55 Å². The van der Waals surface area contributed by atoms with E-state index in [-0.39, 0.29) is 0 Å². The Hall–Kier alpha value is -1.76. The van der Waals surface area contributed by atoms with Gasteiger partial charge in [0.2, 0.25) is 5.82 Å². The van der Waals surface area contributed by atoms with E-state index in [1.54, 1.807) is 11.9 Å². The highest BCUT2D eigenvalue weighted by Crippen LogP contribution is 2.45. The molecule has 2 heterocycles. The molecule has 20 heavy (non-hydrogen) atoms. The minimum atomic E-state index is -1.52. The molecule has 1 N–H and O–H groups in total. The lowest BCUT2D eigenvalue weighted by atomic mass is 9.85. The fraction of sp³-hybridized carbons (Fsp3) is 0.538. The Bertz CT molecular complexity index is 639. The van der Waals surface area contributed by atoms with E-state index in [1.807, 2.05) is 6.92 Å². The highest BCUT2D eigenvalue weighted by molar-refractivity contribution is 5.08. The van der Waals surface area contributed by atoms with Crippen LogP contribution >= 0.6 is 0 Å². The summed E-state index contributed by atoms with van der Waals surface area (Å²) in [6.45, 7) is 7.09. The summed E-state index contributed by atoms with van der Waals surface area (Å²) in [6, 6.07) is 0. The molecule has 4 atom stereocenters. The van der Waals surface area contributed by atoms with Gasteiger partial charge in [-0.2, -0.15) is 4.39 Å². The number of H-pyrrole nitrogens is 1. The van der Waals surface area contributed by atoms with Crippen molar-refractivity contribution in [2.75, 3.05) is 0 Å². The first kappa shape index (κ1) is 14.6. The molecule has 1 aliphatic heterocycles. The van der Waals surface area contributed by atoms with Crippen molar-refractivity contribution in [3.8, 4) is 0 Å². The van der Waals surface area contributed by atoms with Gasteiger partial charge in [-0.25, -0.2) is 9.18 Å². The van der Waals surface area contributed by atoms with Gasteiger partial charge in [-0.15, -0.1) is 6.58 Å². The van der Waals surface area contributed by atoms with Gasteiger partial charge in [-0.05, 0) is 6.42 Å². The van der Waals surface area contributed by atoms with E-state index >= 15 is 0 Å². The Morgan fingerprint density at radius 2 is 2.25 bits per heavy atom. The number of hydrogen-bond donors (Lipinski definition) is 1. The maximum absolute atomic E-state index is 14.4. The predicted molar refractivity (Wildman–Crippen MR) is 68.7 cm³/mol. The highest BCUT2D eigenvalue weighted by Gasteiger charge is 2.51. The summed E-state index contributed by atoms with van der Waals surface area (Å²) in [5, 5.41) is 0. The number of rotatable bonds is 3. The number of nitrogens with one attached hydrogen (secondary N) is 1. The Kier molecular flexibility index (Phi) is 3.64. The van der Waals surface area contributed by atoms with Crippen LogP contribution in [0.25, 0.3) is 0 Å². The first-order valence-electron chi connectivity index (χ1n) is 6.32. The molecular formula is C13H16F2N2O3. The summed E-state index contributed by atoms with van der Waals surface area (Å²) in [5.41, 5.74) is -2.97. The third-order valence-electron chi connectivity index (χ3n) is 3.96. The van der Waals surface area contributed by atoms with Gasteiger partial charge < -0.3 is 4.74 Å². The van der Waals surface area contributed by atoms with Crippen molar-refractivity contribution < 1.29 is 13.5 Å². The molecule has 0 unspecified atom stereocenters. The van der Waals surface area contributed by atoms with Crippen LogP contribution in [0.4, 0.5) is 8.78 Å².